The van der Waals surface area contributed by atoms with Crippen molar-refractivity contribution in [1.29, 1.82) is 10.8 Å². The van der Waals surface area contributed by atoms with Crippen LogP contribution >= 0.6 is 0 Å². The van der Waals surface area contributed by atoms with Gasteiger partial charge in [0.2, 0.25) is 0 Å². The van der Waals surface area contributed by atoms with Crippen molar-refractivity contribution in [1.82, 2.24) is 19.4 Å². The second-order valence-electron chi connectivity index (χ2n) is 6.93. The Balaban J connectivity index is 1.60. The van der Waals surface area contributed by atoms with Crippen LogP contribution in [0.3, 0.4) is 0 Å². The number of hydrogen-bond acceptors (Lipinski definition) is 7. The maximum absolute atomic E-state index is 8.49. The molecular weight excluding hydrogens is 342 g/mol. The summed E-state index contributed by atoms with van der Waals surface area (Å²) >= 11 is 0. The summed E-state index contributed by atoms with van der Waals surface area (Å²) in [4.78, 5) is 8.65. The van der Waals surface area contributed by atoms with E-state index in [1.54, 1.807) is 10.6 Å². The van der Waals surface area contributed by atoms with Crippen LogP contribution in [0.15, 0.2) is 40.9 Å². The monoisotopic (exact) mass is 365 g/mol. The van der Waals surface area contributed by atoms with Gasteiger partial charge < -0.3 is 15.1 Å². The number of fused-ring (bicyclic) bond motifs is 1. The second-order valence-corrected chi connectivity index (χ2v) is 6.93. The SMILES string of the molecule is CN1CCN(CC(=N)n2cc(-c3ccc4nc(N)oc4c3)ccc2=N)CC1. The molecule has 8 nitrogen and oxygen atoms in total. The fraction of sp³-hybridized carbons (Fsp3) is 0.316. The van der Waals surface area contributed by atoms with Crippen LogP contribution in [0.2, 0.25) is 0 Å². The molecule has 0 unspecified atom stereocenters. The smallest absolute Gasteiger partial charge is 0.292 e. The first kappa shape index (κ1) is 17.4. The molecule has 0 saturated carbocycles. The van der Waals surface area contributed by atoms with E-state index in [9.17, 15) is 0 Å². The van der Waals surface area contributed by atoms with Crippen LogP contribution in [0.4, 0.5) is 6.01 Å². The molecule has 0 amide bonds. The highest BCUT2D eigenvalue weighted by molar-refractivity contribution is 5.85. The maximum Gasteiger partial charge on any atom is 0.292 e. The molecule has 140 valence electrons. The first-order valence-corrected chi connectivity index (χ1v) is 8.92. The number of nitrogens with two attached hydrogens (primary N) is 1. The Hall–Kier alpha value is -2.97. The number of nitrogens with zero attached hydrogens (tertiary/aromatic N) is 4. The number of nitrogens with one attached hydrogen (secondary N) is 2. The number of oxazole rings is 1. The molecule has 0 radical (unpaired) electrons. The highest BCUT2D eigenvalue weighted by Gasteiger charge is 2.16. The third-order valence-electron chi connectivity index (χ3n) is 4.95. The zero-order valence-corrected chi connectivity index (χ0v) is 15.3. The van der Waals surface area contributed by atoms with Crippen molar-refractivity contribution in [3.05, 3.63) is 42.0 Å². The van der Waals surface area contributed by atoms with Crippen LogP contribution in [0.1, 0.15) is 0 Å². The van der Waals surface area contributed by atoms with Crippen LogP contribution in [0.5, 0.6) is 0 Å². The molecule has 4 rings (SSSR count). The van der Waals surface area contributed by atoms with Crippen molar-refractivity contribution < 1.29 is 4.42 Å². The Labute approximate surface area is 156 Å². The lowest BCUT2D eigenvalue weighted by atomic mass is 10.1. The van der Waals surface area contributed by atoms with Gasteiger partial charge in [-0.2, -0.15) is 4.98 Å². The first-order valence-electron chi connectivity index (χ1n) is 8.92. The van der Waals surface area contributed by atoms with Crippen LogP contribution in [0.25, 0.3) is 22.2 Å². The van der Waals surface area contributed by atoms with E-state index in [1.165, 1.54) is 0 Å². The van der Waals surface area contributed by atoms with Gasteiger partial charge in [-0.25, -0.2) is 0 Å². The third-order valence-corrected chi connectivity index (χ3v) is 4.95. The zero-order valence-electron chi connectivity index (χ0n) is 15.3. The molecule has 2 aromatic heterocycles. The van der Waals surface area contributed by atoms with Gasteiger partial charge in [-0.15, -0.1) is 0 Å². The maximum atomic E-state index is 8.49. The van der Waals surface area contributed by atoms with Gasteiger partial charge in [-0.3, -0.25) is 20.3 Å². The summed E-state index contributed by atoms with van der Waals surface area (Å²) in [5, 5.41) is 16.7. The number of benzene rings is 1. The minimum absolute atomic E-state index is 0.146. The number of pyridine rings is 1. The molecular formula is C19H23N7O. The lowest BCUT2D eigenvalue weighted by Crippen LogP contribution is -2.47. The molecule has 4 N–H and O–H groups in total. The number of piperazine rings is 1. The van der Waals surface area contributed by atoms with Crippen LogP contribution in [-0.4, -0.2) is 65.0 Å². The lowest BCUT2D eigenvalue weighted by molar-refractivity contribution is 0.169. The van der Waals surface area contributed by atoms with Crippen molar-refractivity contribution in [2.24, 2.45) is 0 Å². The fourth-order valence-electron chi connectivity index (χ4n) is 3.31. The van der Waals surface area contributed by atoms with Gasteiger partial charge in [-0.1, -0.05) is 6.07 Å². The highest BCUT2D eigenvalue weighted by atomic mass is 16.4. The van der Waals surface area contributed by atoms with Crippen LogP contribution < -0.4 is 11.2 Å². The van der Waals surface area contributed by atoms with Gasteiger partial charge in [0.1, 0.15) is 16.8 Å². The Morgan fingerprint density at radius 2 is 1.89 bits per heavy atom. The number of likely N-dealkylation sites (N-methyl/N-ethyl adjacent to an activating group) is 1. The predicted molar refractivity (Wildman–Crippen MR) is 105 cm³/mol. The molecule has 8 heteroatoms. The van der Waals surface area contributed by atoms with Gasteiger partial charge >= 0.3 is 0 Å². The summed E-state index contributed by atoms with van der Waals surface area (Å²) in [6.45, 7) is 4.43. The summed E-state index contributed by atoms with van der Waals surface area (Å²) < 4.78 is 7.04. The molecule has 1 saturated heterocycles. The number of aromatic nitrogens is 2. The van der Waals surface area contributed by atoms with E-state index in [-0.39, 0.29) is 6.01 Å². The molecule has 1 aliphatic heterocycles. The van der Waals surface area contributed by atoms with Crippen LogP contribution in [-0.2, 0) is 0 Å². The van der Waals surface area contributed by atoms with E-state index >= 15 is 0 Å². The molecule has 1 aliphatic rings. The third kappa shape index (κ3) is 3.62. The van der Waals surface area contributed by atoms with E-state index in [0.717, 1.165) is 37.3 Å². The Morgan fingerprint density at radius 3 is 2.67 bits per heavy atom. The fourth-order valence-corrected chi connectivity index (χ4v) is 3.31. The number of hydrogen-bond donors (Lipinski definition) is 3. The molecule has 3 aromatic rings. The van der Waals surface area contributed by atoms with Crippen molar-refractivity contribution in [2.45, 2.75) is 0 Å². The van der Waals surface area contributed by atoms with E-state index < -0.39 is 0 Å². The molecule has 27 heavy (non-hydrogen) atoms. The number of rotatable bonds is 3. The quantitative estimate of drug-likeness (QED) is 0.480. The Bertz CT molecular complexity index is 1040. The van der Waals surface area contributed by atoms with E-state index in [0.29, 0.717) is 29.0 Å². The van der Waals surface area contributed by atoms with E-state index in [2.05, 4.69) is 21.8 Å². The summed E-state index contributed by atoms with van der Waals surface area (Å²) in [5.41, 5.74) is 9.09. The lowest BCUT2D eigenvalue weighted by Gasteiger charge is -2.32. The summed E-state index contributed by atoms with van der Waals surface area (Å²) in [7, 11) is 2.11. The van der Waals surface area contributed by atoms with Gasteiger partial charge in [0.25, 0.3) is 6.01 Å². The summed E-state index contributed by atoms with van der Waals surface area (Å²) in [6, 6.07) is 9.42. The molecule has 1 fully saturated rings. The molecule has 0 bridgehead atoms. The molecule has 3 heterocycles. The minimum Gasteiger partial charge on any atom is -0.424 e. The number of anilines is 1. The van der Waals surface area contributed by atoms with Gasteiger partial charge in [-0.05, 0) is 42.4 Å². The summed E-state index contributed by atoms with van der Waals surface area (Å²) in [6.07, 6.45) is 1.83. The largest absolute Gasteiger partial charge is 0.424 e. The standard InChI is InChI=1S/C19H23N7O/c1-24-6-8-25(9-7-24)12-18(21)26-11-14(3-5-17(26)20)13-2-4-15-16(10-13)27-19(22)23-15/h2-5,10-11,20-21H,6-9,12H2,1H3,(H2,22,23). The molecule has 0 aliphatic carbocycles. The van der Waals surface area contributed by atoms with Gasteiger partial charge in [0.05, 0.1) is 6.54 Å². The summed E-state index contributed by atoms with van der Waals surface area (Å²) in [5.74, 6) is 0.399. The predicted octanol–water partition coefficient (Wildman–Crippen LogP) is 1.43. The normalized spacial score (nSPS) is 16.0. The van der Waals surface area contributed by atoms with Crippen molar-refractivity contribution in [2.75, 3.05) is 45.5 Å². The minimum atomic E-state index is 0.146. The Morgan fingerprint density at radius 1 is 1.15 bits per heavy atom. The zero-order chi connectivity index (χ0) is 19.0. The Kier molecular flexibility index (Phi) is 4.51. The topological polar surface area (TPSA) is 111 Å². The molecule has 1 aromatic carbocycles. The van der Waals surface area contributed by atoms with Crippen molar-refractivity contribution >= 4 is 22.9 Å². The van der Waals surface area contributed by atoms with Crippen molar-refractivity contribution in [3.8, 4) is 11.1 Å². The van der Waals surface area contributed by atoms with E-state index in [4.69, 9.17) is 21.0 Å². The highest BCUT2D eigenvalue weighted by Crippen LogP contribution is 2.25. The average molecular weight is 365 g/mol. The number of nitrogen functional groups attached to an aromatic ring is 1. The average Bonchev–Trinajstić information content (AvgIpc) is 3.03. The molecule has 0 atom stereocenters. The first-order chi connectivity index (χ1) is 13.0. The van der Waals surface area contributed by atoms with Crippen LogP contribution in [0, 0.1) is 10.8 Å². The second kappa shape index (κ2) is 6.98. The van der Waals surface area contributed by atoms with E-state index in [1.807, 2.05) is 30.5 Å². The molecule has 0 spiro atoms. The van der Waals surface area contributed by atoms with Crippen molar-refractivity contribution in [3.63, 3.8) is 0 Å². The van der Waals surface area contributed by atoms with Gasteiger partial charge in [0.15, 0.2) is 5.58 Å². The van der Waals surface area contributed by atoms with Gasteiger partial charge in [0, 0.05) is 32.4 Å².